The van der Waals surface area contributed by atoms with Gasteiger partial charge in [-0.15, -0.1) is 0 Å². The number of benzene rings is 2. The number of nitrogens with one attached hydrogen (secondary N) is 1. The Morgan fingerprint density at radius 3 is 2.46 bits per heavy atom. The number of methoxy groups -OCH3 is 1. The molecule has 0 unspecified atom stereocenters. The first-order valence-electron chi connectivity index (χ1n) is 8.16. The molecule has 1 fully saturated rings. The molecule has 1 amide bonds. The van der Waals surface area contributed by atoms with Crippen LogP contribution in [0.5, 0.6) is 0 Å². The number of amidine groups is 1. The van der Waals surface area contributed by atoms with E-state index in [4.69, 9.17) is 0 Å². The third-order valence-electron chi connectivity index (χ3n) is 3.86. The third-order valence-corrected chi connectivity index (χ3v) is 4.77. The number of ether oxygens (including phenoxy) is 1. The van der Waals surface area contributed by atoms with Gasteiger partial charge in [-0.05, 0) is 59.7 Å². The quantitative estimate of drug-likeness (QED) is 0.658. The van der Waals surface area contributed by atoms with Crippen LogP contribution in [0.4, 0.5) is 5.69 Å². The van der Waals surface area contributed by atoms with E-state index in [2.05, 4.69) is 22.0 Å². The summed E-state index contributed by atoms with van der Waals surface area (Å²) in [6.45, 7) is 2.10. The summed E-state index contributed by atoms with van der Waals surface area (Å²) in [5.74, 6) is -0.573. The molecular formula is C20H18N2O3S. The zero-order valence-electron chi connectivity index (χ0n) is 14.5. The second-order valence-corrected chi connectivity index (χ2v) is 6.65. The lowest BCUT2D eigenvalue weighted by Crippen LogP contribution is -2.19. The summed E-state index contributed by atoms with van der Waals surface area (Å²) in [5.41, 5.74) is 3.33. The number of amides is 1. The van der Waals surface area contributed by atoms with Crippen LogP contribution in [-0.2, 0) is 16.0 Å². The second kappa shape index (κ2) is 8.01. The normalized spacial score (nSPS) is 16.8. The Bertz CT molecular complexity index is 884. The van der Waals surface area contributed by atoms with Crippen LogP contribution in [0, 0.1) is 0 Å². The van der Waals surface area contributed by atoms with E-state index < -0.39 is 0 Å². The predicted molar refractivity (Wildman–Crippen MR) is 104 cm³/mol. The van der Waals surface area contributed by atoms with Crippen molar-refractivity contribution in [2.45, 2.75) is 13.3 Å². The van der Waals surface area contributed by atoms with Crippen molar-refractivity contribution >= 4 is 40.6 Å². The highest BCUT2D eigenvalue weighted by Gasteiger charge is 2.23. The standard InChI is InChI=1S/C20H18N2O3S/c1-3-13-6-10-16(11-7-13)21-20-22-18(23)17(26-20)12-14-4-8-15(9-5-14)19(24)25-2/h4-12H,3H2,1-2H3,(H,21,22,23). The minimum atomic E-state index is -0.388. The van der Waals surface area contributed by atoms with E-state index in [0.717, 1.165) is 17.7 Å². The van der Waals surface area contributed by atoms with E-state index in [1.165, 1.54) is 24.4 Å². The van der Waals surface area contributed by atoms with Gasteiger partial charge in [0.15, 0.2) is 5.17 Å². The van der Waals surface area contributed by atoms with E-state index in [-0.39, 0.29) is 11.9 Å². The van der Waals surface area contributed by atoms with E-state index in [1.54, 1.807) is 30.3 Å². The minimum absolute atomic E-state index is 0.184. The summed E-state index contributed by atoms with van der Waals surface area (Å²) in [4.78, 5) is 28.6. The fraction of sp³-hybridized carbons (Fsp3) is 0.150. The zero-order valence-corrected chi connectivity index (χ0v) is 15.3. The molecule has 0 spiro atoms. The van der Waals surface area contributed by atoms with Crippen molar-refractivity contribution in [1.29, 1.82) is 0 Å². The smallest absolute Gasteiger partial charge is 0.337 e. The molecule has 2 aromatic carbocycles. The van der Waals surface area contributed by atoms with Crippen molar-refractivity contribution in [3.63, 3.8) is 0 Å². The molecule has 1 aliphatic rings. The molecule has 0 radical (unpaired) electrons. The van der Waals surface area contributed by atoms with Crippen LogP contribution in [0.3, 0.4) is 0 Å². The predicted octanol–water partition coefficient (Wildman–Crippen LogP) is 3.93. The molecule has 1 N–H and O–H groups in total. The number of carbonyl (C=O) groups is 2. The van der Waals surface area contributed by atoms with Crippen LogP contribution < -0.4 is 5.32 Å². The van der Waals surface area contributed by atoms with Crippen molar-refractivity contribution in [3.05, 3.63) is 70.1 Å². The Labute approximate surface area is 156 Å². The first-order valence-corrected chi connectivity index (χ1v) is 8.97. The Morgan fingerprint density at radius 2 is 1.85 bits per heavy atom. The lowest BCUT2D eigenvalue weighted by atomic mass is 10.1. The molecule has 132 valence electrons. The van der Waals surface area contributed by atoms with E-state index in [1.807, 2.05) is 24.3 Å². The van der Waals surface area contributed by atoms with Crippen LogP contribution in [0.2, 0.25) is 0 Å². The average molecular weight is 366 g/mol. The molecule has 1 aliphatic heterocycles. The molecule has 0 bridgehead atoms. The highest BCUT2D eigenvalue weighted by molar-refractivity contribution is 8.18. The Balaban J connectivity index is 1.75. The number of esters is 1. The van der Waals surface area contributed by atoms with Gasteiger partial charge in [0.1, 0.15) is 0 Å². The maximum atomic E-state index is 12.1. The second-order valence-electron chi connectivity index (χ2n) is 5.62. The monoisotopic (exact) mass is 366 g/mol. The summed E-state index contributed by atoms with van der Waals surface area (Å²) in [6.07, 6.45) is 2.74. The lowest BCUT2D eigenvalue weighted by Gasteiger charge is -2.00. The maximum Gasteiger partial charge on any atom is 0.337 e. The third kappa shape index (κ3) is 4.21. The summed E-state index contributed by atoms with van der Waals surface area (Å²) in [5, 5.41) is 3.32. The van der Waals surface area contributed by atoms with Crippen LogP contribution in [0.15, 0.2) is 58.4 Å². The topological polar surface area (TPSA) is 67.8 Å². The minimum Gasteiger partial charge on any atom is -0.465 e. The van der Waals surface area contributed by atoms with Gasteiger partial charge in [-0.25, -0.2) is 9.79 Å². The number of thioether (sulfide) groups is 1. The summed E-state index contributed by atoms with van der Waals surface area (Å²) in [6, 6.07) is 14.8. The number of aryl methyl sites for hydroxylation is 1. The van der Waals surface area contributed by atoms with Crippen LogP contribution in [0.25, 0.3) is 6.08 Å². The number of rotatable bonds is 4. The molecule has 0 atom stereocenters. The van der Waals surface area contributed by atoms with Gasteiger partial charge in [-0.3, -0.25) is 4.79 Å². The molecule has 1 heterocycles. The molecule has 0 aromatic heterocycles. The molecule has 6 heteroatoms. The zero-order chi connectivity index (χ0) is 18.5. The Hall–Kier alpha value is -2.86. The van der Waals surface area contributed by atoms with Gasteiger partial charge in [-0.2, -0.15) is 0 Å². The first kappa shape index (κ1) is 17.9. The van der Waals surface area contributed by atoms with Crippen molar-refractivity contribution in [3.8, 4) is 0 Å². The number of nitrogens with zero attached hydrogens (tertiary/aromatic N) is 1. The number of hydrogen-bond donors (Lipinski definition) is 1. The highest BCUT2D eigenvalue weighted by atomic mass is 32.2. The number of hydrogen-bond acceptors (Lipinski definition) is 5. The fourth-order valence-corrected chi connectivity index (χ4v) is 3.23. The Kier molecular flexibility index (Phi) is 5.53. The van der Waals surface area contributed by atoms with Crippen molar-refractivity contribution in [2.24, 2.45) is 4.99 Å². The van der Waals surface area contributed by atoms with Gasteiger partial charge < -0.3 is 10.1 Å². The van der Waals surface area contributed by atoms with Crippen LogP contribution in [-0.4, -0.2) is 24.2 Å². The highest BCUT2D eigenvalue weighted by Crippen LogP contribution is 2.28. The van der Waals surface area contributed by atoms with Crippen LogP contribution in [0.1, 0.15) is 28.4 Å². The SMILES string of the molecule is CCc1ccc(N=C2NC(=O)C(=Cc3ccc(C(=O)OC)cc3)S2)cc1. The molecule has 0 saturated carbocycles. The van der Waals surface area contributed by atoms with Crippen LogP contribution >= 0.6 is 11.8 Å². The first-order chi connectivity index (χ1) is 12.6. The van der Waals surface area contributed by atoms with Gasteiger partial charge in [0.2, 0.25) is 0 Å². The molecule has 1 saturated heterocycles. The molecular weight excluding hydrogens is 348 g/mol. The molecule has 2 aromatic rings. The number of aliphatic imine (C=N–C) groups is 1. The van der Waals surface area contributed by atoms with Crippen molar-refractivity contribution in [2.75, 3.05) is 7.11 Å². The summed E-state index contributed by atoms with van der Waals surface area (Å²) < 4.78 is 4.67. The largest absolute Gasteiger partial charge is 0.465 e. The molecule has 5 nitrogen and oxygen atoms in total. The van der Waals surface area contributed by atoms with Gasteiger partial charge >= 0.3 is 5.97 Å². The van der Waals surface area contributed by atoms with Crippen molar-refractivity contribution < 1.29 is 14.3 Å². The van der Waals surface area contributed by atoms with Crippen molar-refractivity contribution in [1.82, 2.24) is 5.32 Å². The van der Waals surface area contributed by atoms with Gasteiger partial charge in [0.25, 0.3) is 5.91 Å². The fourth-order valence-electron chi connectivity index (χ4n) is 2.39. The summed E-state index contributed by atoms with van der Waals surface area (Å²) in [7, 11) is 1.34. The molecule has 3 rings (SSSR count). The van der Waals surface area contributed by atoms with E-state index in [9.17, 15) is 9.59 Å². The van der Waals surface area contributed by atoms with E-state index in [0.29, 0.717) is 15.6 Å². The molecule has 26 heavy (non-hydrogen) atoms. The van der Waals surface area contributed by atoms with Gasteiger partial charge in [-0.1, -0.05) is 31.2 Å². The van der Waals surface area contributed by atoms with Gasteiger partial charge in [0.05, 0.1) is 23.3 Å². The molecule has 0 aliphatic carbocycles. The number of carbonyl (C=O) groups excluding carboxylic acids is 2. The average Bonchev–Trinajstić information content (AvgIpc) is 3.01. The van der Waals surface area contributed by atoms with E-state index >= 15 is 0 Å². The maximum absolute atomic E-state index is 12.1. The Morgan fingerprint density at radius 1 is 1.15 bits per heavy atom. The van der Waals surface area contributed by atoms with Gasteiger partial charge in [0, 0.05) is 0 Å². The lowest BCUT2D eigenvalue weighted by molar-refractivity contribution is -0.115. The summed E-state index contributed by atoms with van der Waals surface area (Å²) >= 11 is 1.29.